The van der Waals surface area contributed by atoms with Gasteiger partial charge in [0, 0.05) is 41.8 Å². The average molecular weight is 376 g/mol. The molecular weight excluding hydrogens is 359 g/mol. The van der Waals surface area contributed by atoms with Gasteiger partial charge in [0.2, 0.25) is 0 Å². The van der Waals surface area contributed by atoms with Gasteiger partial charge in [-0.3, -0.25) is 10.0 Å². The van der Waals surface area contributed by atoms with Crippen LogP contribution in [0.1, 0.15) is 15.9 Å². The van der Waals surface area contributed by atoms with Gasteiger partial charge >= 0.3 is 0 Å². The number of pyridine rings is 1. The molecule has 0 atom stereocenters. The van der Waals surface area contributed by atoms with Crippen LogP contribution in [0.3, 0.4) is 0 Å². The van der Waals surface area contributed by atoms with Crippen molar-refractivity contribution in [2.24, 2.45) is 0 Å². The number of carbonyl (C=O) groups excluding carboxylic acids is 1. The molecule has 0 aliphatic rings. The van der Waals surface area contributed by atoms with Gasteiger partial charge in [-0.25, -0.2) is 14.9 Å². The smallest absolute Gasteiger partial charge is 0.274 e. The molecule has 0 saturated carbocycles. The summed E-state index contributed by atoms with van der Waals surface area (Å²) in [5.74, 6) is -0.846. The molecule has 4 aromatic rings. The van der Waals surface area contributed by atoms with E-state index >= 15 is 0 Å². The van der Waals surface area contributed by atoms with E-state index in [4.69, 9.17) is 5.21 Å². The van der Waals surface area contributed by atoms with E-state index in [0.717, 1.165) is 22.5 Å². The highest BCUT2D eigenvalue weighted by Gasteiger charge is 2.10. The van der Waals surface area contributed by atoms with Crippen molar-refractivity contribution in [2.75, 3.05) is 5.32 Å². The number of carbonyl (C=O) groups is 1. The maximum atomic E-state index is 14.2. The number of nitrogens with zero attached hydrogens (tertiary/aromatic N) is 2. The van der Waals surface area contributed by atoms with Crippen molar-refractivity contribution in [3.05, 3.63) is 90.1 Å². The summed E-state index contributed by atoms with van der Waals surface area (Å²) in [6.45, 7) is 0.490. The van der Waals surface area contributed by atoms with Crippen LogP contribution in [0.5, 0.6) is 0 Å². The van der Waals surface area contributed by atoms with E-state index in [1.54, 1.807) is 54.1 Å². The zero-order valence-electron chi connectivity index (χ0n) is 14.8. The van der Waals surface area contributed by atoms with Gasteiger partial charge < -0.3 is 9.72 Å². The topological polar surface area (TPSA) is 78.7 Å². The molecule has 140 valence electrons. The summed E-state index contributed by atoms with van der Waals surface area (Å²) in [6.07, 6.45) is 5.34. The Morgan fingerprint density at radius 2 is 1.93 bits per heavy atom. The summed E-state index contributed by atoms with van der Waals surface area (Å²) in [7, 11) is 0. The number of rotatable bonds is 5. The number of amides is 1. The molecule has 4 rings (SSSR count). The second kappa shape index (κ2) is 7.50. The number of anilines is 1. The molecule has 6 nitrogen and oxygen atoms in total. The largest absolute Gasteiger partial charge is 0.378 e. The van der Waals surface area contributed by atoms with Crippen LogP contribution < -0.4 is 10.8 Å². The quantitative estimate of drug-likeness (QED) is 0.365. The first-order chi connectivity index (χ1) is 13.7. The number of hydrogen-bond acceptors (Lipinski definition) is 4. The third-order valence-electron chi connectivity index (χ3n) is 4.47. The zero-order valence-corrected chi connectivity index (χ0v) is 14.8. The van der Waals surface area contributed by atoms with Crippen LogP contribution in [0.15, 0.2) is 73.2 Å². The summed E-state index contributed by atoms with van der Waals surface area (Å²) >= 11 is 0. The fourth-order valence-electron chi connectivity index (χ4n) is 3.04. The standard InChI is InChI=1S/C21H17FN4O2/c22-18-4-2-1-3-17(18)16-11-19(20-23-9-10-26(20)13-16)24-12-14-5-7-15(8-6-14)21(27)25-28/h1-11,13,24,28H,12H2,(H,25,27). The third kappa shape index (κ3) is 3.43. The number of aromatic nitrogens is 2. The Hall–Kier alpha value is -3.71. The Labute approximate surface area is 160 Å². The fourth-order valence-corrected chi connectivity index (χ4v) is 3.04. The molecular formula is C21H17FN4O2. The van der Waals surface area contributed by atoms with Crippen molar-refractivity contribution in [3.63, 3.8) is 0 Å². The first-order valence-corrected chi connectivity index (χ1v) is 8.64. The number of imidazole rings is 1. The lowest BCUT2D eigenvalue weighted by molar-refractivity contribution is 0.0706. The summed E-state index contributed by atoms with van der Waals surface area (Å²) in [6, 6.07) is 15.3. The predicted octanol–water partition coefficient (Wildman–Crippen LogP) is 3.87. The number of halogens is 1. The van der Waals surface area contributed by atoms with Crippen molar-refractivity contribution in [3.8, 4) is 11.1 Å². The van der Waals surface area contributed by atoms with E-state index in [9.17, 15) is 9.18 Å². The van der Waals surface area contributed by atoms with E-state index in [-0.39, 0.29) is 5.82 Å². The van der Waals surface area contributed by atoms with Crippen LogP contribution in [-0.2, 0) is 6.54 Å². The summed E-state index contributed by atoms with van der Waals surface area (Å²) < 4.78 is 16.1. The predicted molar refractivity (Wildman–Crippen MR) is 104 cm³/mol. The van der Waals surface area contributed by atoms with E-state index in [2.05, 4.69) is 10.3 Å². The monoisotopic (exact) mass is 376 g/mol. The lowest BCUT2D eigenvalue weighted by Crippen LogP contribution is -2.18. The van der Waals surface area contributed by atoms with Crippen molar-refractivity contribution in [2.45, 2.75) is 6.54 Å². The van der Waals surface area contributed by atoms with Crippen LogP contribution in [0.2, 0.25) is 0 Å². The Balaban J connectivity index is 1.62. The van der Waals surface area contributed by atoms with Crippen molar-refractivity contribution in [1.82, 2.24) is 14.9 Å². The number of fused-ring (bicyclic) bond motifs is 1. The lowest BCUT2D eigenvalue weighted by atomic mass is 10.1. The third-order valence-corrected chi connectivity index (χ3v) is 4.47. The van der Waals surface area contributed by atoms with Gasteiger partial charge in [0.25, 0.3) is 5.91 Å². The molecule has 0 unspecified atom stereocenters. The maximum Gasteiger partial charge on any atom is 0.274 e. The molecule has 28 heavy (non-hydrogen) atoms. The molecule has 0 fully saturated rings. The molecule has 0 aliphatic carbocycles. The van der Waals surface area contributed by atoms with Gasteiger partial charge in [0.05, 0.1) is 5.69 Å². The second-order valence-electron chi connectivity index (χ2n) is 6.27. The highest BCUT2D eigenvalue weighted by Crippen LogP contribution is 2.28. The number of hydroxylamine groups is 1. The van der Waals surface area contributed by atoms with Gasteiger partial charge in [0.15, 0.2) is 5.65 Å². The Morgan fingerprint density at radius 1 is 1.14 bits per heavy atom. The van der Waals surface area contributed by atoms with Crippen LogP contribution in [0.4, 0.5) is 10.1 Å². The average Bonchev–Trinajstić information content (AvgIpc) is 3.21. The molecule has 0 bridgehead atoms. The van der Waals surface area contributed by atoms with Crippen molar-refractivity contribution in [1.29, 1.82) is 0 Å². The van der Waals surface area contributed by atoms with Gasteiger partial charge in [-0.05, 0) is 29.8 Å². The molecule has 0 radical (unpaired) electrons. The van der Waals surface area contributed by atoms with Crippen molar-refractivity contribution >= 4 is 17.2 Å². The number of hydrogen-bond donors (Lipinski definition) is 3. The Morgan fingerprint density at radius 3 is 2.68 bits per heavy atom. The molecule has 0 aliphatic heterocycles. The van der Waals surface area contributed by atoms with Crippen LogP contribution in [-0.4, -0.2) is 20.5 Å². The molecule has 2 aromatic heterocycles. The fraction of sp³-hybridized carbons (Fsp3) is 0.0476. The molecule has 0 saturated heterocycles. The molecule has 0 spiro atoms. The minimum Gasteiger partial charge on any atom is -0.378 e. The minimum atomic E-state index is -0.559. The van der Waals surface area contributed by atoms with Crippen LogP contribution in [0, 0.1) is 5.82 Å². The number of benzene rings is 2. The van der Waals surface area contributed by atoms with Crippen molar-refractivity contribution < 1.29 is 14.4 Å². The first kappa shape index (κ1) is 17.7. The Kier molecular flexibility index (Phi) is 4.74. The molecule has 3 N–H and O–H groups in total. The van der Waals surface area contributed by atoms with Gasteiger partial charge in [-0.2, -0.15) is 0 Å². The summed E-state index contributed by atoms with van der Waals surface area (Å²) in [5.41, 5.74) is 5.66. The molecule has 7 heteroatoms. The zero-order chi connectivity index (χ0) is 19.5. The van der Waals surface area contributed by atoms with E-state index in [1.165, 1.54) is 6.07 Å². The van der Waals surface area contributed by atoms with E-state index in [1.807, 2.05) is 22.9 Å². The molecule has 2 aromatic carbocycles. The second-order valence-corrected chi connectivity index (χ2v) is 6.27. The summed E-state index contributed by atoms with van der Waals surface area (Å²) in [4.78, 5) is 15.8. The maximum absolute atomic E-state index is 14.2. The molecule has 2 heterocycles. The molecule has 1 amide bonds. The first-order valence-electron chi connectivity index (χ1n) is 8.64. The highest BCUT2D eigenvalue weighted by atomic mass is 19.1. The highest BCUT2D eigenvalue weighted by molar-refractivity contribution is 5.93. The normalized spacial score (nSPS) is 10.8. The minimum absolute atomic E-state index is 0.286. The SMILES string of the molecule is O=C(NO)c1ccc(CNc2cc(-c3ccccc3F)cn3ccnc23)cc1. The van der Waals surface area contributed by atoms with Gasteiger partial charge in [0.1, 0.15) is 5.82 Å². The Bertz CT molecular complexity index is 1140. The van der Waals surface area contributed by atoms with E-state index < -0.39 is 5.91 Å². The van der Waals surface area contributed by atoms with E-state index in [0.29, 0.717) is 17.7 Å². The number of nitrogens with one attached hydrogen (secondary N) is 2. The van der Waals surface area contributed by atoms with Gasteiger partial charge in [-0.15, -0.1) is 0 Å². The van der Waals surface area contributed by atoms with Crippen LogP contribution in [0.25, 0.3) is 16.8 Å². The summed E-state index contributed by atoms with van der Waals surface area (Å²) in [5, 5.41) is 12.0. The van der Waals surface area contributed by atoms with Crippen LogP contribution >= 0.6 is 0 Å². The van der Waals surface area contributed by atoms with Gasteiger partial charge in [-0.1, -0.05) is 30.3 Å². The lowest BCUT2D eigenvalue weighted by Gasteiger charge is -2.12.